The molecule has 0 spiro atoms. The average Bonchev–Trinajstić information content (AvgIpc) is 2.48. The van der Waals surface area contributed by atoms with E-state index in [0.29, 0.717) is 15.7 Å². The molecule has 0 aromatic heterocycles. The van der Waals surface area contributed by atoms with Crippen molar-refractivity contribution in [2.75, 3.05) is 18.5 Å². The molecule has 1 atom stereocenters. The number of nitrogens with one attached hydrogen (secondary N) is 1. The quantitative estimate of drug-likeness (QED) is 0.842. The van der Waals surface area contributed by atoms with Crippen molar-refractivity contribution >= 4 is 28.9 Å². The van der Waals surface area contributed by atoms with Crippen LogP contribution >= 0.6 is 23.2 Å². The third-order valence-electron chi connectivity index (χ3n) is 2.75. The second-order valence-electron chi connectivity index (χ2n) is 4.38. The molecule has 21 heavy (non-hydrogen) atoms. The van der Waals surface area contributed by atoms with E-state index in [9.17, 15) is 9.50 Å². The maximum atomic E-state index is 13.3. The van der Waals surface area contributed by atoms with Gasteiger partial charge in [-0.15, -0.1) is 0 Å². The second-order valence-corrected chi connectivity index (χ2v) is 5.16. The first kappa shape index (κ1) is 15.9. The van der Waals surface area contributed by atoms with E-state index in [4.69, 9.17) is 27.9 Å². The molecule has 0 radical (unpaired) electrons. The van der Waals surface area contributed by atoms with Gasteiger partial charge in [-0.25, -0.2) is 4.39 Å². The fourth-order valence-corrected chi connectivity index (χ4v) is 2.04. The van der Waals surface area contributed by atoms with Gasteiger partial charge < -0.3 is 15.2 Å². The molecule has 2 rings (SSSR count). The Balaban J connectivity index is 1.84. The van der Waals surface area contributed by atoms with Gasteiger partial charge >= 0.3 is 0 Å². The number of anilines is 1. The fourth-order valence-electron chi connectivity index (χ4n) is 1.67. The zero-order valence-electron chi connectivity index (χ0n) is 11.0. The number of rotatable bonds is 6. The van der Waals surface area contributed by atoms with Crippen molar-refractivity contribution in [2.24, 2.45) is 0 Å². The van der Waals surface area contributed by atoms with Crippen molar-refractivity contribution < 1.29 is 14.2 Å². The SMILES string of the molecule is OC(CNc1cccc(Cl)c1Cl)COc1ccccc1F. The van der Waals surface area contributed by atoms with Crippen LogP contribution in [-0.4, -0.2) is 24.4 Å². The van der Waals surface area contributed by atoms with Gasteiger partial charge in [-0.2, -0.15) is 0 Å². The van der Waals surface area contributed by atoms with Crippen LogP contribution in [0.3, 0.4) is 0 Å². The van der Waals surface area contributed by atoms with Crippen LogP contribution in [-0.2, 0) is 0 Å². The van der Waals surface area contributed by atoms with Crippen molar-refractivity contribution in [1.29, 1.82) is 0 Å². The van der Waals surface area contributed by atoms with E-state index in [0.717, 1.165) is 0 Å². The van der Waals surface area contributed by atoms with Crippen LogP contribution in [0.25, 0.3) is 0 Å². The molecular weight excluding hydrogens is 316 g/mol. The summed E-state index contributed by atoms with van der Waals surface area (Å²) in [6, 6.07) is 11.2. The van der Waals surface area contributed by atoms with Crippen molar-refractivity contribution in [2.45, 2.75) is 6.10 Å². The lowest BCUT2D eigenvalue weighted by Crippen LogP contribution is -2.26. The maximum absolute atomic E-state index is 13.3. The summed E-state index contributed by atoms with van der Waals surface area (Å²) in [5.74, 6) is -0.354. The lowest BCUT2D eigenvalue weighted by molar-refractivity contribution is 0.115. The molecule has 0 saturated heterocycles. The van der Waals surface area contributed by atoms with Gasteiger partial charge in [0, 0.05) is 6.54 Å². The largest absolute Gasteiger partial charge is 0.488 e. The van der Waals surface area contributed by atoms with Gasteiger partial charge in [-0.1, -0.05) is 41.4 Å². The van der Waals surface area contributed by atoms with Crippen molar-refractivity contribution in [3.05, 3.63) is 58.3 Å². The van der Waals surface area contributed by atoms with Gasteiger partial charge in [0.15, 0.2) is 11.6 Å². The number of hydrogen-bond donors (Lipinski definition) is 2. The number of ether oxygens (including phenoxy) is 1. The third-order valence-corrected chi connectivity index (χ3v) is 3.57. The predicted octanol–water partition coefficient (Wildman–Crippen LogP) is 3.98. The lowest BCUT2D eigenvalue weighted by Gasteiger charge is -2.15. The zero-order chi connectivity index (χ0) is 15.2. The smallest absolute Gasteiger partial charge is 0.165 e. The Kier molecular flexibility index (Phi) is 5.67. The predicted molar refractivity (Wildman–Crippen MR) is 82.9 cm³/mol. The van der Waals surface area contributed by atoms with E-state index in [1.807, 2.05) is 0 Å². The van der Waals surface area contributed by atoms with Crippen LogP contribution in [0, 0.1) is 5.82 Å². The first-order chi connectivity index (χ1) is 10.1. The Morgan fingerprint density at radius 2 is 1.90 bits per heavy atom. The first-order valence-electron chi connectivity index (χ1n) is 6.31. The molecule has 0 saturated carbocycles. The Morgan fingerprint density at radius 3 is 2.67 bits per heavy atom. The molecule has 2 N–H and O–H groups in total. The minimum absolute atomic E-state index is 0.0356. The summed E-state index contributed by atoms with van der Waals surface area (Å²) in [5.41, 5.74) is 0.620. The summed E-state index contributed by atoms with van der Waals surface area (Å²) in [5, 5.41) is 13.6. The summed E-state index contributed by atoms with van der Waals surface area (Å²) in [6.45, 7) is 0.167. The number of aliphatic hydroxyl groups is 1. The minimum atomic E-state index is -0.820. The molecule has 112 valence electrons. The lowest BCUT2D eigenvalue weighted by atomic mass is 10.3. The first-order valence-corrected chi connectivity index (χ1v) is 7.07. The molecule has 2 aromatic rings. The van der Waals surface area contributed by atoms with E-state index in [2.05, 4.69) is 5.32 Å². The highest BCUT2D eigenvalue weighted by Gasteiger charge is 2.09. The van der Waals surface area contributed by atoms with Gasteiger partial charge in [-0.05, 0) is 24.3 Å². The normalized spacial score (nSPS) is 12.0. The van der Waals surface area contributed by atoms with Crippen LogP contribution in [0.1, 0.15) is 0 Å². The molecule has 0 aliphatic rings. The van der Waals surface area contributed by atoms with E-state index in [1.165, 1.54) is 12.1 Å². The molecule has 0 bridgehead atoms. The van der Waals surface area contributed by atoms with E-state index < -0.39 is 11.9 Å². The van der Waals surface area contributed by atoms with Crippen LogP contribution in [0.2, 0.25) is 10.0 Å². The molecule has 6 heteroatoms. The van der Waals surface area contributed by atoms with Crippen LogP contribution in [0.5, 0.6) is 5.75 Å². The monoisotopic (exact) mass is 329 g/mol. The number of para-hydroxylation sites is 1. The van der Waals surface area contributed by atoms with E-state index in [1.54, 1.807) is 30.3 Å². The fraction of sp³-hybridized carbons (Fsp3) is 0.200. The highest BCUT2D eigenvalue weighted by atomic mass is 35.5. The summed E-state index contributed by atoms with van der Waals surface area (Å²) >= 11 is 11.9. The number of hydrogen-bond acceptors (Lipinski definition) is 3. The van der Waals surface area contributed by atoms with Gasteiger partial charge in [0.05, 0.1) is 15.7 Å². The molecular formula is C15H14Cl2FNO2. The van der Waals surface area contributed by atoms with Crippen molar-refractivity contribution in [3.8, 4) is 5.75 Å². The number of benzene rings is 2. The molecule has 0 aliphatic carbocycles. The van der Waals surface area contributed by atoms with Crippen LogP contribution < -0.4 is 10.1 Å². The summed E-state index contributed by atoms with van der Waals surface area (Å²) < 4.78 is 18.6. The third kappa shape index (κ3) is 4.49. The zero-order valence-corrected chi connectivity index (χ0v) is 12.5. The van der Waals surface area contributed by atoms with Crippen molar-refractivity contribution in [3.63, 3.8) is 0 Å². The van der Waals surface area contributed by atoms with Gasteiger partial charge in [0.1, 0.15) is 12.7 Å². The molecule has 0 fully saturated rings. The van der Waals surface area contributed by atoms with Crippen molar-refractivity contribution in [1.82, 2.24) is 0 Å². The molecule has 0 heterocycles. The summed E-state index contributed by atoms with van der Waals surface area (Å²) in [6.07, 6.45) is -0.820. The number of halogens is 3. The minimum Gasteiger partial charge on any atom is -0.488 e. The summed E-state index contributed by atoms with van der Waals surface area (Å²) in [4.78, 5) is 0. The van der Waals surface area contributed by atoms with Crippen LogP contribution in [0.15, 0.2) is 42.5 Å². The average molecular weight is 330 g/mol. The second kappa shape index (κ2) is 7.50. The molecule has 0 amide bonds. The maximum Gasteiger partial charge on any atom is 0.165 e. The van der Waals surface area contributed by atoms with Gasteiger partial charge in [0.25, 0.3) is 0 Å². The summed E-state index contributed by atoms with van der Waals surface area (Å²) in [7, 11) is 0. The highest BCUT2D eigenvalue weighted by Crippen LogP contribution is 2.29. The molecule has 3 nitrogen and oxygen atoms in total. The van der Waals surface area contributed by atoms with Gasteiger partial charge in [-0.3, -0.25) is 0 Å². The Morgan fingerprint density at radius 1 is 1.14 bits per heavy atom. The van der Waals surface area contributed by atoms with E-state index in [-0.39, 0.29) is 18.9 Å². The molecule has 2 aromatic carbocycles. The van der Waals surface area contributed by atoms with Crippen LogP contribution in [0.4, 0.5) is 10.1 Å². The standard InChI is InChI=1S/C15H14Cl2FNO2/c16-11-4-3-6-13(15(11)17)19-8-10(20)9-21-14-7-2-1-5-12(14)18/h1-7,10,19-20H,8-9H2. The molecule has 0 aliphatic heterocycles. The Hall–Kier alpha value is -1.49. The Labute approximate surface area is 132 Å². The topological polar surface area (TPSA) is 41.5 Å². The Bertz CT molecular complexity index is 610. The van der Waals surface area contributed by atoms with E-state index >= 15 is 0 Å². The number of aliphatic hydroxyl groups excluding tert-OH is 1. The van der Waals surface area contributed by atoms with Gasteiger partial charge in [0.2, 0.25) is 0 Å². The highest BCUT2D eigenvalue weighted by molar-refractivity contribution is 6.43. The molecule has 1 unspecified atom stereocenters.